The van der Waals surface area contributed by atoms with Gasteiger partial charge in [0.2, 0.25) is 5.91 Å². The summed E-state index contributed by atoms with van der Waals surface area (Å²) in [6.45, 7) is 3.98. The highest BCUT2D eigenvalue weighted by molar-refractivity contribution is 6.03. The molecule has 6 heteroatoms. The molecule has 1 amide bonds. The van der Waals surface area contributed by atoms with Gasteiger partial charge in [-0.15, -0.1) is 0 Å². The SMILES string of the molecule is CC/C(=N\OC)NC(=O)CC[C@@H]1/C(=C/O)C(=O)[C@@]2(C)CCC3c4ccccc4CCC3C12. The van der Waals surface area contributed by atoms with E-state index < -0.39 is 5.41 Å². The van der Waals surface area contributed by atoms with E-state index in [0.29, 0.717) is 36.1 Å². The average molecular weight is 439 g/mol. The van der Waals surface area contributed by atoms with Crippen molar-refractivity contribution < 1.29 is 19.5 Å². The fraction of sp³-hybridized carbons (Fsp3) is 0.577. The number of oxime groups is 1. The van der Waals surface area contributed by atoms with Gasteiger partial charge in [-0.1, -0.05) is 43.3 Å². The van der Waals surface area contributed by atoms with E-state index in [0.717, 1.165) is 31.9 Å². The highest BCUT2D eigenvalue weighted by atomic mass is 16.6. The Morgan fingerprint density at radius 1 is 1.34 bits per heavy atom. The molecule has 2 fully saturated rings. The van der Waals surface area contributed by atoms with E-state index >= 15 is 0 Å². The minimum Gasteiger partial charge on any atom is -0.515 e. The van der Waals surface area contributed by atoms with E-state index in [-0.39, 0.29) is 29.9 Å². The van der Waals surface area contributed by atoms with Crippen LogP contribution in [0, 0.1) is 23.2 Å². The van der Waals surface area contributed by atoms with Gasteiger partial charge in [-0.25, -0.2) is 0 Å². The zero-order valence-electron chi connectivity index (χ0n) is 19.3. The summed E-state index contributed by atoms with van der Waals surface area (Å²) in [7, 11) is 1.45. The van der Waals surface area contributed by atoms with Gasteiger partial charge in [-0.05, 0) is 66.9 Å². The van der Waals surface area contributed by atoms with E-state index in [9.17, 15) is 14.7 Å². The summed E-state index contributed by atoms with van der Waals surface area (Å²) >= 11 is 0. The van der Waals surface area contributed by atoms with E-state index in [4.69, 9.17) is 4.84 Å². The van der Waals surface area contributed by atoms with Crippen LogP contribution < -0.4 is 5.32 Å². The second-order valence-corrected chi connectivity index (χ2v) is 9.67. The minimum atomic E-state index is -0.463. The van der Waals surface area contributed by atoms with Gasteiger partial charge in [0.25, 0.3) is 0 Å². The molecule has 0 aromatic heterocycles. The number of carbonyl (C=O) groups excluding carboxylic acids is 2. The predicted octanol–water partition coefficient (Wildman–Crippen LogP) is 4.66. The van der Waals surface area contributed by atoms with Gasteiger partial charge in [0, 0.05) is 23.8 Å². The summed E-state index contributed by atoms with van der Waals surface area (Å²) in [6, 6.07) is 8.70. The van der Waals surface area contributed by atoms with Crippen LogP contribution >= 0.6 is 0 Å². The van der Waals surface area contributed by atoms with Gasteiger partial charge < -0.3 is 15.3 Å². The lowest BCUT2D eigenvalue weighted by molar-refractivity contribution is -0.127. The first-order chi connectivity index (χ1) is 15.4. The van der Waals surface area contributed by atoms with Crippen LogP contribution in [0.15, 0.2) is 41.3 Å². The van der Waals surface area contributed by atoms with Crippen LogP contribution in [0.3, 0.4) is 0 Å². The molecule has 32 heavy (non-hydrogen) atoms. The predicted molar refractivity (Wildman–Crippen MR) is 123 cm³/mol. The Labute approximate surface area is 190 Å². The lowest BCUT2D eigenvalue weighted by atomic mass is 9.54. The van der Waals surface area contributed by atoms with Gasteiger partial charge in [-0.3, -0.25) is 9.59 Å². The Morgan fingerprint density at radius 2 is 2.12 bits per heavy atom. The molecule has 6 nitrogen and oxygen atoms in total. The Kier molecular flexibility index (Phi) is 6.40. The van der Waals surface area contributed by atoms with Crippen LogP contribution in [-0.2, 0) is 20.8 Å². The number of rotatable bonds is 5. The van der Waals surface area contributed by atoms with Crippen molar-refractivity contribution in [1.29, 1.82) is 0 Å². The standard InChI is InChI=1S/C26H34N2O4/c1-4-22(28-32-3)27-23(30)12-11-20-21(15-29)25(31)26(2)14-13-18-17-8-6-5-7-16(17)9-10-19(18)24(20)26/h5-8,15,18-20,24,29H,4,9-14H2,1-3H3,(H,27,28,30)/b21-15-/t18?,19?,20-,24?,26+/m1/s1. The molecule has 1 aromatic carbocycles. The van der Waals surface area contributed by atoms with E-state index in [1.807, 2.05) is 6.92 Å². The molecular formula is C26H34N2O4. The second kappa shape index (κ2) is 9.08. The number of amides is 1. The number of fused-ring (bicyclic) bond motifs is 5. The molecule has 0 radical (unpaired) electrons. The molecule has 1 aromatic rings. The molecule has 0 saturated heterocycles. The zero-order valence-corrected chi connectivity index (χ0v) is 19.3. The summed E-state index contributed by atoms with van der Waals surface area (Å²) in [5.74, 6) is 1.30. The van der Waals surface area contributed by atoms with Crippen molar-refractivity contribution in [3.8, 4) is 0 Å². The van der Waals surface area contributed by atoms with Crippen LogP contribution in [0.1, 0.15) is 69.4 Å². The molecule has 3 aliphatic rings. The number of aliphatic hydroxyl groups excluding tert-OH is 1. The molecule has 0 heterocycles. The normalized spacial score (nSPS) is 32.8. The Hall–Kier alpha value is -2.63. The van der Waals surface area contributed by atoms with Crippen molar-refractivity contribution in [3.63, 3.8) is 0 Å². The fourth-order valence-corrected chi connectivity index (χ4v) is 6.76. The van der Waals surface area contributed by atoms with Gasteiger partial charge in [0.1, 0.15) is 12.9 Å². The number of amidine groups is 1. The van der Waals surface area contributed by atoms with Gasteiger partial charge in [0.05, 0.1) is 6.26 Å². The van der Waals surface area contributed by atoms with Crippen molar-refractivity contribution in [2.24, 2.45) is 28.3 Å². The van der Waals surface area contributed by atoms with Crippen LogP contribution in [0.4, 0.5) is 0 Å². The van der Waals surface area contributed by atoms with E-state index in [1.54, 1.807) is 0 Å². The maximum Gasteiger partial charge on any atom is 0.225 e. The van der Waals surface area contributed by atoms with Gasteiger partial charge >= 0.3 is 0 Å². The molecule has 2 saturated carbocycles. The Balaban J connectivity index is 1.58. The Bertz CT molecular complexity index is 953. The highest BCUT2D eigenvalue weighted by Crippen LogP contribution is 2.63. The number of aliphatic hydroxyl groups is 1. The summed E-state index contributed by atoms with van der Waals surface area (Å²) in [5.41, 5.74) is 2.90. The third-order valence-electron chi connectivity index (χ3n) is 8.15. The van der Waals surface area contributed by atoms with Crippen LogP contribution in [-0.4, -0.2) is 29.7 Å². The number of benzene rings is 1. The zero-order chi connectivity index (χ0) is 22.9. The van der Waals surface area contributed by atoms with Crippen molar-refractivity contribution in [2.75, 3.05) is 7.11 Å². The third-order valence-corrected chi connectivity index (χ3v) is 8.15. The second-order valence-electron chi connectivity index (χ2n) is 9.67. The van der Waals surface area contributed by atoms with Crippen LogP contribution in [0.2, 0.25) is 0 Å². The first-order valence-electron chi connectivity index (χ1n) is 11.8. The average Bonchev–Trinajstić information content (AvgIpc) is 3.03. The summed E-state index contributed by atoms with van der Waals surface area (Å²) in [5, 5.41) is 16.7. The monoisotopic (exact) mass is 438 g/mol. The number of carbonyl (C=O) groups is 2. The number of nitrogens with one attached hydrogen (secondary N) is 1. The number of allylic oxidation sites excluding steroid dienone is 1. The number of hydrogen-bond donors (Lipinski definition) is 2. The maximum atomic E-state index is 13.4. The van der Waals surface area contributed by atoms with E-state index in [2.05, 4.69) is 41.7 Å². The van der Waals surface area contributed by atoms with Gasteiger partial charge in [-0.2, -0.15) is 0 Å². The summed E-state index contributed by atoms with van der Waals surface area (Å²) in [6.07, 6.45) is 6.30. The number of hydrogen-bond acceptors (Lipinski definition) is 5. The summed E-state index contributed by atoms with van der Waals surface area (Å²) in [4.78, 5) is 30.8. The minimum absolute atomic E-state index is 0.0721. The van der Waals surface area contributed by atoms with Gasteiger partial charge in [0.15, 0.2) is 5.78 Å². The van der Waals surface area contributed by atoms with E-state index in [1.165, 1.54) is 18.2 Å². The molecule has 4 rings (SSSR count). The summed E-state index contributed by atoms with van der Waals surface area (Å²) < 4.78 is 0. The third kappa shape index (κ3) is 3.74. The number of ketones is 1. The largest absolute Gasteiger partial charge is 0.515 e. The number of nitrogens with zero attached hydrogens (tertiary/aromatic N) is 1. The van der Waals surface area contributed by atoms with Crippen LogP contribution in [0.25, 0.3) is 0 Å². The van der Waals surface area contributed by atoms with Crippen molar-refractivity contribution in [2.45, 2.75) is 64.7 Å². The molecular weight excluding hydrogens is 404 g/mol. The van der Waals surface area contributed by atoms with Crippen molar-refractivity contribution in [3.05, 3.63) is 47.2 Å². The molecule has 0 bridgehead atoms. The lowest BCUT2D eigenvalue weighted by Crippen LogP contribution is -2.44. The molecule has 2 N–H and O–H groups in total. The lowest BCUT2D eigenvalue weighted by Gasteiger charge is -2.49. The smallest absolute Gasteiger partial charge is 0.225 e. The molecule has 3 unspecified atom stereocenters. The number of aryl methyl sites for hydroxylation is 1. The molecule has 0 spiro atoms. The highest BCUT2D eigenvalue weighted by Gasteiger charge is 2.60. The quantitative estimate of drug-likeness (QED) is 0.230. The molecule has 5 atom stereocenters. The molecule has 0 aliphatic heterocycles. The maximum absolute atomic E-state index is 13.4. The van der Waals surface area contributed by atoms with Crippen molar-refractivity contribution >= 4 is 17.5 Å². The van der Waals surface area contributed by atoms with Crippen molar-refractivity contribution in [1.82, 2.24) is 5.32 Å². The first-order valence-corrected chi connectivity index (χ1v) is 11.8. The fourth-order valence-electron chi connectivity index (χ4n) is 6.76. The first kappa shape index (κ1) is 22.6. The molecule has 3 aliphatic carbocycles. The van der Waals surface area contributed by atoms with Crippen LogP contribution in [0.5, 0.6) is 0 Å². The molecule has 172 valence electrons. The number of Topliss-reactive ketones (excluding diaryl/α,β-unsaturated/α-hetero) is 1. The topological polar surface area (TPSA) is 88.0 Å². The Morgan fingerprint density at radius 3 is 2.84 bits per heavy atom.